The van der Waals surface area contributed by atoms with Gasteiger partial charge in [-0.25, -0.2) is 4.79 Å². The molecule has 1 saturated carbocycles. The van der Waals surface area contributed by atoms with Gasteiger partial charge in [-0.2, -0.15) is 5.10 Å². The van der Waals surface area contributed by atoms with E-state index in [1.807, 2.05) is 0 Å². The first-order chi connectivity index (χ1) is 7.19. The lowest BCUT2D eigenvalue weighted by Gasteiger charge is -2.04. The lowest BCUT2D eigenvalue weighted by molar-refractivity contribution is 0.251. The zero-order valence-corrected chi connectivity index (χ0v) is 8.66. The van der Waals surface area contributed by atoms with Gasteiger partial charge in [0.25, 0.3) is 0 Å². The molecule has 2 amide bonds. The fraction of sp³-hybridized carbons (Fsp3) is 0.556. The molecule has 1 fully saturated rings. The van der Waals surface area contributed by atoms with Gasteiger partial charge in [-0.05, 0) is 12.8 Å². The maximum absolute atomic E-state index is 11.4. The molecule has 0 unspecified atom stereocenters. The van der Waals surface area contributed by atoms with E-state index in [-0.39, 0.29) is 6.03 Å². The third kappa shape index (κ3) is 2.47. The van der Waals surface area contributed by atoms with Crippen LogP contribution in [0.4, 0.5) is 10.6 Å². The summed E-state index contributed by atoms with van der Waals surface area (Å²) in [6, 6.07) is 0.140. The van der Waals surface area contributed by atoms with Crippen molar-refractivity contribution < 1.29 is 4.79 Å². The fourth-order valence-corrected chi connectivity index (χ4v) is 1.35. The fourth-order valence-electron chi connectivity index (χ4n) is 1.35. The zero-order chi connectivity index (χ0) is 10.8. The first kappa shape index (κ1) is 9.97. The Morgan fingerprint density at radius 2 is 2.47 bits per heavy atom. The molecule has 0 bridgehead atoms. The number of aromatic nitrogens is 2. The van der Waals surface area contributed by atoms with Crippen molar-refractivity contribution in [2.45, 2.75) is 25.4 Å². The summed E-state index contributed by atoms with van der Waals surface area (Å²) in [4.78, 5) is 11.4. The lowest BCUT2D eigenvalue weighted by Crippen LogP contribution is -2.31. The molecule has 4 N–H and O–H groups in total. The Kier molecular flexibility index (Phi) is 2.59. The van der Waals surface area contributed by atoms with Gasteiger partial charge in [0.15, 0.2) is 5.82 Å². The van der Waals surface area contributed by atoms with Gasteiger partial charge in [0.2, 0.25) is 0 Å². The molecule has 1 aromatic heterocycles. The minimum absolute atomic E-state index is 0.203. The quantitative estimate of drug-likeness (QED) is 0.663. The molecular weight excluding hydrogens is 194 g/mol. The zero-order valence-electron chi connectivity index (χ0n) is 8.66. The molecule has 6 heteroatoms. The smallest absolute Gasteiger partial charge is 0.320 e. The number of aryl methyl sites for hydroxylation is 1. The van der Waals surface area contributed by atoms with E-state index >= 15 is 0 Å². The first-order valence-corrected chi connectivity index (χ1v) is 4.99. The van der Waals surface area contributed by atoms with Crippen LogP contribution in [0, 0.1) is 0 Å². The van der Waals surface area contributed by atoms with Crippen molar-refractivity contribution in [3.63, 3.8) is 0 Å². The van der Waals surface area contributed by atoms with E-state index in [4.69, 9.17) is 5.73 Å². The van der Waals surface area contributed by atoms with Gasteiger partial charge in [0.05, 0.1) is 0 Å². The highest BCUT2D eigenvalue weighted by Gasteiger charge is 2.23. The highest BCUT2D eigenvalue weighted by Crippen LogP contribution is 2.19. The Bertz CT molecular complexity index is 369. The van der Waals surface area contributed by atoms with Gasteiger partial charge in [-0.15, -0.1) is 0 Å². The topological polar surface area (TPSA) is 85.0 Å². The summed E-state index contributed by atoms with van der Waals surface area (Å²) >= 11 is 0. The first-order valence-electron chi connectivity index (χ1n) is 4.99. The molecule has 6 nitrogen and oxygen atoms in total. The highest BCUT2D eigenvalue weighted by atomic mass is 16.2. The van der Waals surface area contributed by atoms with Crippen molar-refractivity contribution in [2.24, 2.45) is 12.8 Å². The minimum atomic E-state index is -0.203. The van der Waals surface area contributed by atoms with Gasteiger partial charge < -0.3 is 11.1 Å². The standard InChI is InChI=1S/C9H15N5O/c1-14-5-6(4-10)8(13-14)12-9(15)11-7-2-3-7/h5,7H,2-4,10H2,1H3,(H2,11,12,13,15). The summed E-state index contributed by atoms with van der Waals surface area (Å²) in [5.41, 5.74) is 6.36. The maximum atomic E-state index is 11.4. The average Bonchev–Trinajstić information content (AvgIpc) is 2.90. The Morgan fingerprint density at radius 1 is 1.73 bits per heavy atom. The van der Waals surface area contributed by atoms with Crippen LogP contribution in [0.5, 0.6) is 0 Å². The van der Waals surface area contributed by atoms with Crippen LogP contribution in [-0.4, -0.2) is 21.9 Å². The van der Waals surface area contributed by atoms with Crippen molar-refractivity contribution in [3.05, 3.63) is 11.8 Å². The van der Waals surface area contributed by atoms with Crippen LogP contribution in [-0.2, 0) is 13.6 Å². The van der Waals surface area contributed by atoms with E-state index in [2.05, 4.69) is 15.7 Å². The number of carbonyl (C=O) groups is 1. The summed E-state index contributed by atoms with van der Waals surface area (Å²) in [6.07, 6.45) is 3.94. The van der Waals surface area contributed by atoms with E-state index in [0.717, 1.165) is 18.4 Å². The monoisotopic (exact) mass is 209 g/mol. The predicted octanol–water partition coefficient (Wildman–Crippen LogP) is 0.163. The third-order valence-corrected chi connectivity index (χ3v) is 2.27. The number of nitrogens with zero attached hydrogens (tertiary/aromatic N) is 2. The van der Waals surface area contributed by atoms with Gasteiger partial charge in [0, 0.05) is 31.4 Å². The summed E-state index contributed by atoms with van der Waals surface area (Å²) in [6.45, 7) is 0.368. The van der Waals surface area contributed by atoms with Crippen LogP contribution >= 0.6 is 0 Å². The number of hydrogen-bond donors (Lipinski definition) is 3. The van der Waals surface area contributed by atoms with E-state index in [1.165, 1.54) is 0 Å². The molecule has 82 valence electrons. The summed E-state index contributed by atoms with van der Waals surface area (Å²) in [7, 11) is 1.79. The number of anilines is 1. The van der Waals surface area contributed by atoms with Crippen LogP contribution in [0.3, 0.4) is 0 Å². The number of urea groups is 1. The molecule has 15 heavy (non-hydrogen) atoms. The Labute approximate surface area is 87.8 Å². The van der Waals surface area contributed by atoms with Crippen molar-refractivity contribution in [1.82, 2.24) is 15.1 Å². The van der Waals surface area contributed by atoms with E-state index in [1.54, 1.807) is 17.9 Å². The molecule has 1 heterocycles. The number of hydrogen-bond acceptors (Lipinski definition) is 3. The van der Waals surface area contributed by atoms with E-state index in [0.29, 0.717) is 18.4 Å². The highest BCUT2D eigenvalue weighted by molar-refractivity contribution is 5.89. The molecule has 1 aromatic rings. The Balaban J connectivity index is 1.98. The van der Waals surface area contributed by atoms with E-state index in [9.17, 15) is 4.79 Å². The Morgan fingerprint density at radius 3 is 3.07 bits per heavy atom. The number of rotatable bonds is 3. The van der Waals surface area contributed by atoms with Crippen LogP contribution < -0.4 is 16.4 Å². The molecular formula is C9H15N5O. The van der Waals surface area contributed by atoms with E-state index < -0.39 is 0 Å². The summed E-state index contributed by atoms with van der Waals surface area (Å²) < 4.78 is 1.63. The van der Waals surface area contributed by atoms with Crippen molar-refractivity contribution in [1.29, 1.82) is 0 Å². The van der Waals surface area contributed by atoms with Crippen molar-refractivity contribution >= 4 is 11.8 Å². The molecule has 1 aliphatic rings. The Hall–Kier alpha value is -1.56. The van der Waals surface area contributed by atoms with Gasteiger partial charge >= 0.3 is 6.03 Å². The maximum Gasteiger partial charge on any atom is 0.320 e. The molecule has 2 rings (SSSR count). The molecule has 0 atom stereocenters. The molecule has 0 saturated heterocycles. The molecule has 0 aliphatic heterocycles. The van der Waals surface area contributed by atoms with Crippen molar-refractivity contribution in [2.75, 3.05) is 5.32 Å². The predicted molar refractivity (Wildman–Crippen MR) is 56.3 cm³/mol. The second-order valence-electron chi connectivity index (χ2n) is 3.75. The van der Waals surface area contributed by atoms with Gasteiger partial charge in [0.1, 0.15) is 0 Å². The van der Waals surface area contributed by atoms with Crippen LogP contribution in [0.2, 0.25) is 0 Å². The van der Waals surface area contributed by atoms with Gasteiger partial charge in [-0.3, -0.25) is 10.00 Å². The summed E-state index contributed by atoms with van der Waals surface area (Å²) in [5.74, 6) is 0.540. The molecule has 0 aromatic carbocycles. The average molecular weight is 209 g/mol. The van der Waals surface area contributed by atoms with Crippen molar-refractivity contribution in [3.8, 4) is 0 Å². The third-order valence-electron chi connectivity index (χ3n) is 2.27. The SMILES string of the molecule is Cn1cc(CN)c(NC(=O)NC2CC2)n1. The lowest BCUT2D eigenvalue weighted by atomic mass is 10.3. The number of nitrogens with two attached hydrogens (primary N) is 1. The minimum Gasteiger partial charge on any atom is -0.335 e. The van der Waals surface area contributed by atoms with Gasteiger partial charge in [-0.1, -0.05) is 0 Å². The van der Waals surface area contributed by atoms with Crippen LogP contribution in [0.1, 0.15) is 18.4 Å². The van der Waals surface area contributed by atoms with Crippen LogP contribution in [0.15, 0.2) is 6.20 Å². The molecule has 0 radical (unpaired) electrons. The normalized spacial score (nSPS) is 15.1. The number of amides is 2. The largest absolute Gasteiger partial charge is 0.335 e. The second-order valence-corrected chi connectivity index (χ2v) is 3.75. The molecule has 1 aliphatic carbocycles. The number of nitrogens with one attached hydrogen (secondary N) is 2. The summed E-state index contributed by atoms with van der Waals surface area (Å²) in [5, 5.41) is 9.63. The molecule has 0 spiro atoms. The second kappa shape index (κ2) is 3.90. The van der Waals surface area contributed by atoms with Crippen LogP contribution in [0.25, 0.3) is 0 Å². The number of carbonyl (C=O) groups excluding carboxylic acids is 1.